The molecule has 1 fully saturated rings. The zero-order valence-electron chi connectivity index (χ0n) is 18.1. The molecule has 4 rings (SSSR count). The molecule has 0 unspecified atom stereocenters. The van der Waals surface area contributed by atoms with Crippen LogP contribution in [-0.2, 0) is 11.2 Å². The molecule has 2 N–H and O–H groups in total. The third-order valence-electron chi connectivity index (χ3n) is 6.07. The number of rotatable bonds is 7. The van der Waals surface area contributed by atoms with Crippen molar-refractivity contribution in [2.45, 2.75) is 52.4 Å². The van der Waals surface area contributed by atoms with Gasteiger partial charge in [-0.25, -0.2) is 0 Å². The summed E-state index contributed by atoms with van der Waals surface area (Å²) in [6.45, 7) is 8.01. The van der Waals surface area contributed by atoms with Gasteiger partial charge in [-0.3, -0.25) is 9.89 Å². The molecule has 2 aromatic rings. The molecule has 7 heteroatoms. The summed E-state index contributed by atoms with van der Waals surface area (Å²) < 4.78 is 5.53. The number of aryl methyl sites for hydroxylation is 2. The van der Waals surface area contributed by atoms with Gasteiger partial charge in [-0.1, -0.05) is 11.6 Å². The minimum Gasteiger partial charge on any atom is -0.378 e. The van der Waals surface area contributed by atoms with E-state index in [0.717, 1.165) is 55.4 Å². The van der Waals surface area contributed by atoms with Crippen LogP contribution in [0.25, 0.3) is 0 Å². The first-order chi connectivity index (χ1) is 14.6. The van der Waals surface area contributed by atoms with E-state index >= 15 is 0 Å². The summed E-state index contributed by atoms with van der Waals surface area (Å²) in [5.74, 6) is 0.0396. The molecule has 0 spiro atoms. The second-order valence-corrected chi connectivity index (χ2v) is 9.27. The highest BCUT2D eigenvalue weighted by atomic mass is 32.1. The monoisotopic (exact) mass is 428 g/mol. The Balaban J connectivity index is 1.49. The average molecular weight is 429 g/mol. The number of morpholine rings is 1. The third-order valence-corrected chi connectivity index (χ3v) is 7.31. The van der Waals surface area contributed by atoms with Gasteiger partial charge in [0.15, 0.2) is 0 Å². The standard InChI is InChI=1S/C23H32N4O2S/c1-16-20(17(2)26-25-16)14-19-15-21(30-23(19)27-10-12-29-13-11-27)22(28)24-9-8-18-6-4-3-5-7-18/h6,15H,3-5,7-14H2,1-2H3,(H,24,28)(H,25,26). The predicted octanol–water partition coefficient (Wildman–Crippen LogP) is 4.14. The number of H-pyrrole nitrogens is 1. The highest BCUT2D eigenvalue weighted by molar-refractivity contribution is 7.18. The topological polar surface area (TPSA) is 70.2 Å². The van der Waals surface area contributed by atoms with Crippen molar-refractivity contribution in [2.75, 3.05) is 37.7 Å². The van der Waals surface area contributed by atoms with Crippen LogP contribution in [0, 0.1) is 13.8 Å². The van der Waals surface area contributed by atoms with Crippen LogP contribution in [-0.4, -0.2) is 49.0 Å². The smallest absolute Gasteiger partial charge is 0.261 e. The molecule has 1 amide bonds. The maximum atomic E-state index is 12.9. The number of hydrogen-bond acceptors (Lipinski definition) is 5. The van der Waals surface area contributed by atoms with Gasteiger partial charge in [-0.05, 0) is 57.6 Å². The van der Waals surface area contributed by atoms with E-state index in [4.69, 9.17) is 4.74 Å². The molecule has 0 saturated carbocycles. The lowest BCUT2D eigenvalue weighted by Gasteiger charge is -2.28. The van der Waals surface area contributed by atoms with Crippen LogP contribution in [0.2, 0.25) is 0 Å². The lowest BCUT2D eigenvalue weighted by molar-refractivity contribution is 0.0958. The zero-order chi connectivity index (χ0) is 20.9. The number of ether oxygens (including phenoxy) is 1. The number of amides is 1. The van der Waals surface area contributed by atoms with E-state index in [1.807, 2.05) is 6.92 Å². The summed E-state index contributed by atoms with van der Waals surface area (Å²) in [7, 11) is 0. The van der Waals surface area contributed by atoms with Crippen molar-refractivity contribution in [2.24, 2.45) is 0 Å². The van der Waals surface area contributed by atoms with E-state index in [2.05, 4.69) is 39.5 Å². The van der Waals surface area contributed by atoms with E-state index in [1.54, 1.807) is 11.3 Å². The number of anilines is 1. The number of carbonyl (C=O) groups is 1. The molecular weight excluding hydrogens is 396 g/mol. The predicted molar refractivity (Wildman–Crippen MR) is 122 cm³/mol. The first-order valence-corrected chi connectivity index (χ1v) is 11.9. The van der Waals surface area contributed by atoms with E-state index < -0.39 is 0 Å². The fraction of sp³-hybridized carbons (Fsp3) is 0.565. The summed E-state index contributed by atoms with van der Waals surface area (Å²) in [6.07, 6.45) is 9.06. The molecule has 0 bridgehead atoms. The summed E-state index contributed by atoms with van der Waals surface area (Å²) in [5, 5.41) is 11.8. The van der Waals surface area contributed by atoms with E-state index in [9.17, 15) is 4.79 Å². The highest BCUT2D eigenvalue weighted by Crippen LogP contribution is 2.35. The Morgan fingerprint density at radius 3 is 2.83 bits per heavy atom. The number of aromatic nitrogens is 2. The summed E-state index contributed by atoms with van der Waals surface area (Å²) >= 11 is 1.61. The van der Waals surface area contributed by atoms with Crippen LogP contribution in [0.3, 0.4) is 0 Å². The van der Waals surface area contributed by atoms with Crippen molar-refractivity contribution in [1.29, 1.82) is 0 Å². The maximum absolute atomic E-state index is 12.9. The second kappa shape index (κ2) is 9.79. The number of carbonyl (C=O) groups excluding carboxylic acids is 1. The van der Waals surface area contributed by atoms with Crippen molar-refractivity contribution in [3.63, 3.8) is 0 Å². The van der Waals surface area contributed by atoms with Crippen LogP contribution in [0.1, 0.15) is 64.3 Å². The number of thiophene rings is 1. The quantitative estimate of drug-likeness (QED) is 0.651. The van der Waals surface area contributed by atoms with Gasteiger partial charge in [0.1, 0.15) is 0 Å². The molecule has 6 nitrogen and oxygen atoms in total. The molecule has 2 aromatic heterocycles. The first-order valence-electron chi connectivity index (χ1n) is 11.0. The molecule has 2 aliphatic rings. The van der Waals surface area contributed by atoms with Crippen LogP contribution < -0.4 is 10.2 Å². The number of nitrogens with one attached hydrogen (secondary N) is 2. The van der Waals surface area contributed by atoms with Crippen molar-refractivity contribution in [3.05, 3.63) is 45.1 Å². The molecular formula is C23H32N4O2S. The molecule has 0 atom stereocenters. The Labute approximate surface area is 182 Å². The van der Waals surface area contributed by atoms with Gasteiger partial charge in [0.2, 0.25) is 0 Å². The minimum atomic E-state index is 0.0396. The van der Waals surface area contributed by atoms with Gasteiger partial charge in [0.25, 0.3) is 5.91 Å². The van der Waals surface area contributed by atoms with Gasteiger partial charge >= 0.3 is 0 Å². The van der Waals surface area contributed by atoms with Crippen molar-refractivity contribution < 1.29 is 9.53 Å². The van der Waals surface area contributed by atoms with Crippen LogP contribution in [0.4, 0.5) is 5.00 Å². The SMILES string of the molecule is Cc1n[nH]c(C)c1Cc1cc(C(=O)NCCC2=CCCCC2)sc1N1CCOCC1. The molecule has 1 aliphatic heterocycles. The summed E-state index contributed by atoms with van der Waals surface area (Å²) in [5.41, 5.74) is 6.04. The lowest BCUT2D eigenvalue weighted by atomic mass is 9.97. The summed E-state index contributed by atoms with van der Waals surface area (Å²) in [4.78, 5) is 16.0. The molecule has 3 heterocycles. The van der Waals surface area contributed by atoms with E-state index in [1.165, 1.54) is 47.4 Å². The Morgan fingerprint density at radius 1 is 1.30 bits per heavy atom. The number of allylic oxidation sites excluding steroid dienone is 1. The molecule has 162 valence electrons. The second-order valence-electron chi connectivity index (χ2n) is 8.24. The van der Waals surface area contributed by atoms with Crippen molar-refractivity contribution in [3.8, 4) is 0 Å². The van der Waals surface area contributed by atoms with Gasteiger partial charge in [0.05, 0.1) is 28.8 Å². The Bertz CT molecular complexity index is 889. The van der Waals surface area contributed by atoms with Gasteiger partial charge < -0.3 is 15.0 Å². The molecule has 1 aliphatic carbocycles. The van der Waals surface area contributed by atoms with Crippen LogP contribution >= 0.6 is 11.3 Å². The van der Waals surface area contributed by atoms with E-state index in [-0.39, 0.29) is 5.91 Å². The molecule has 1 saturated heterocycles. The average Bonchev–Trinajstić information content (AvgIpc) is 3.34. The van der Waals surface area contributed by atoms with Crippen molar-refractivity contribution in [1.82, 2.24) is 15.5 Å². The highest BCUT2D eigenvalue weighted by Gasteiger charge is 2.22. The Morgan fingerprint density at radius 2 is 2.13 bits per heavy atom. The van der Waals surface area contributed by atoms with Crippen LogP contribution in [0.5, 0.6) is 0 Å². The largest absolute Gasteiger partial charge is 0.378 e. The van der Waals surface area contributed by atoms with Gasteiger partial charge in [-0.15, -0.1) is 11.3 Å². The number of hydrogen-bond donors (Lipinski definition) is 2. The van der Waals surface area contributed by atoms with E-state index in [0.29, 0.717) is 6.54 Å². The van der Waals surface area contributed by atoms with Crippen LogP contribution in [0.15, 0.2) is 17.7 Å². The summed E-state index contributed by atoms with van der Waals surface area (Å²) in [6, 6.07) is 2.08. The fourth-order valence-electron chi connectivity index (χ4n) is 4.27. The fourth-order valence-corrected chi connectivity index (χ4v) is 5.42. The lowest BCUT2D eigenvalue weighted by Crippen LogP contribution is -2.36. The number of aromatic amines is 1. The normalized spacial score (nSPS) is 17.1. The molecule has 0 radical (unpaired) electrons. The minimum absolute atomic E-state index is 0.0396. The first kappa shape index (κ1) is 21.1. The third kappa shape index (κ3) is 4.95. The molecule has 30 heavy (non-hydrogen) atoms. The Kier molecular flexibility index (Phi) is 6.89. The zero-order valence-corrected chi connectivity index (χ0v) is 18.9. The maximum Gasteiger partial charge on any atom is 0.261 e. The Hall–Kier alpha value is -2.12. The van der Waals surface area contributed by atoms with Crippen molar-refractivity contribution >= 4 is 22.2 Å². The van der Waals surface area contributed by atoms with Gasteiger partial charge in [0, 0.05) is 37.3 Å². The number of nitrogens with zero attached hydrogens (tertiary/aromatic N) is 2. The molecule has 0 aromatic carbocycles. The van der Waals surface area contributed by atoms with Gasteiger partial charge in [-0.2, -0.15) is 5.10 Å².